The molecule has 0 aromatic carbocycles. The van der Waals surface area contributed by atoms with E-state index in [2.05, 4.69) is 0 Å². The van der Waals surface area contributed by atoms with Crippen molar-refractivity contribution in [1.82, 2.24) is 0 Å². The first-order chi connectivity index (χ1) is 8.05. The minimum absolute atomic E-state index is 0.00730. The Morgan fingerprint density at radius 1 is 1.29 bits per heavy atom. The summed E-state index contributed by atoms with van der Waals surface area (Å²) in [6, 6.07) is 0. The number of carbonyl (C=O) groups excluding carboxylic acids is 1. The fraction of sp³-hybridized carbons (Fsp3) is 0.750. The average molecular weight is 246 g/mol. The Kier molecular flexibility index (Phi) is 7.58. The molecule has 0 aliphatic carbocycles. The predicted molar refractivity (Wildman–Crippen MR) is 63.2 cm³/mol. The van der Waals surface area contributed by atoms with Crippen molar-refractivity contribution in [3.8, 4) is 0 Å². The van der Waals surface area contributed by atoms with E-state index in [0.717, 1.165) is 0 Å². The van der Waals surface area contributed by atoms with Gasteiger partial charge in [-0.25, -0.2) is 4.79 Å². The van der Waals surface area contributed by atoms with E-state index >= 15 is 0 Å². The van der Waals surface area contributed by atoms with Crippen LogP contribution in [0, 0.1) is 5.41 Å². The van der Waals surface area contributed by atoms with Gasteiger partial charge in [-0.15, -0.1) is 0 Å². The third-order valence-corrected chi connectivity index (χ3v) is 2.68. The summed E-state index contributed by atoms with van der Waals surface area (Å²) < 4.78 is 10.00. The highest BCUT2D eigenvalue weighted by molar-refractivity contribution is 5.87. The Morgan fingerprint density at radius 3 is 2.29 bits per heavy atom. The molecule has 0 aromatic heterocycles. The van der Waals surface area contributed by atoms with Crippen LogP contribution >= 0.6 is 0 Å². The molecule has 0 aromatic rings. The van der Waals surface area contributed by atoms with Crippen molar-refractivity contribution in [2.45, 2.75) is 27.2 Å². The fourth-order valence-electron chi connectivity index (χ4n) is 1.06. The Hall–Kier alpha value is -1.07. The molecule has 0 amide bonds. The molecule has 0 aliphatic rings. The molecule has 0 heterocycles. The molecule has 0 aliphatic heterocycles. The minimum atomic E-state index is -0.762. The van der Waals surface area contributed by atoms with Gasteiger partial charge in [-0.2, -0.15) is 0 Å². The number of ether oxygens (including phenoxy) is 2. The second-order valence-electron chi connectivity index (χ2n) is 4.00. The summed E-state index contributed by atoms with van der Waals surface area (Å²) in [5.41, 5.74) is -0.408. The molecule has 0 rings (SSSR count). The molecule has 100 valence electrons. The van der Waals surface area contributed by atoms with E-state index in [9.17, 15) is 15.0 Å². The molecule has 0 saturated heterocycles. The zero-order chi connectivity index (χ0) is 13.3. The van der Waals surface area contributed by atoms with E-state index in [-0.39, 0.29) is 19.8 Å². The second kappa shape index (κ2) is 8.08. The molecule has 0 saturated carbocycles. The standard InChI is InChI=1S/C12H22O5/c1-4-12(7-13,8-14)9-17-11(15)10(3)6-16-5-2/h6,13-14H,4-5,7-9H2,1-3H3. The van der Waals surface area contributed by atoms with E-state index in [1.165, 1.54) is 6.26 Å². The van der Waals surface area contributed by atoms with Crippen LogP contribution in [0.3, 0.4) is 0 Å². The zero-order valence-electron chi connectivity index (χ0n) is 10.7. The molecular formula is C12H22O5. The summed E-state index contributed by atoms with van der Waals surface area (Å²) in [6.07, 6.45) is 1.87. The monoisotopic (exact) mass is 246 g/mol. The topological polar surface area (TPSA) is 76.0 Å². The highest BCUT2D eigenvalue weighted by Gasteiger charge is 2.28. The van der Waals surface area contributed by atoms with Crippen molar-refractivity contribution in [3.05, 3.63) is 11.8 Å². The molecule has 2 N–H and O–H groups in total. The van der Waals surface area contributed by atoms with Gasteiger partial charge < -0.3 is 19.7 Å². The lowest BCUT2D eigenvalue weighted by molar-refractivity contribution is -0.145. The lowest BCUT2D eigenvalue weighted by Gasteiger charge is -2.27. The third-order valence-electron chi connectivity index (χ3n) is 2.68. The van der Waals surface area contributed by atoms with Gasteiger partial charge in [-0.1, -0.05) is 6.92 Å². The van der Waals surface area contributed by atoms with Crippen molar-refractivity contribution in [2.75, 3.05) is 26.4 Å². The van der Waals surface area contributed by atoms with Crippen molar-refractivity contribution in [2.24, 2.45) is 5.41 Å². The maximum atomic E-state index is 11.5. The molecule has 0 atom stereocenters. The van der Waals surface area contributed by atoms with Gasteiger partial charge in [0, 0.05) is 0 Å². The molecule has 0 radical (unpaired) electrons. The van der Waals surface area contributed by atoms with Gasteiger partial charge in [0.25, 0.3) is 0 Å². The number of aliphatic hydroxyl groups is 2. The lowest BCUT2D eigenvalue weighted by Crippen LogP contribution is -2.35. The largest absolute Gasteiger partial charge is 0.501 e. The number of rotatable bonds is 8. The Balaban J connectivity index is 4.31. The van der Waals surface area contributed by atoms with E-state index in [1.54, 1.807) is 6.92 Å². The number of hydrogen-bond acceptors (Lipinski definition) is 5. The van der Waals surface area contributed by atoms with Crippen LogP contribution in [0.15, 0.2) is 11.8 Å². The molecule has 0 unspecified atom stereocenters. The van der Waals surface area contributed by atoms with Crippen LogP contribution in [0.1, 0.15) is 27.2 Å². The molecule has 5 nitrogen and oxygen atoms in total. The Labute approximate surface area is 102 Å². The average Bonchev–Trinajstić information content (AvgIpc) is 2.37. The van der Waals surface area contributed by atoms with Crippen molar-refractivity contribution in [1.29, 1.82) is 0 Å². The highest BCUT2D eigenvalue weighted by Crippen LogP contribution is 2.21. The highest BCUT2D eigenvalue weighted by atomic mass is 16.5. The fourth-order valence-corrected chi connectivity index (χ4v) is 1.06. The molecule has 0 bridgehead atoms. The van der Waals surface area contributed by atoms with E-state index in [4.69, 9.17) is 9.47 Å². The van der Waals surface area contributed by atoms with Gasteiger partial charge in [0.15, 0.2) is 0 Å². The van der Waals surface area contributed by atoms with Crippen LogP contribution in [0.25, 0.3) is 0 Å². The van der Waals surface area contributed by atoms with Crippen LogP contribution in [-0.2, 0) is 14.3 Å². The van der Waals surface area contributed by atoms with Gasteiger partial charge >= 0.3 is 5.97 Å². The predicted octanol–water partition coefficient (Wildman–Crippen LogP) is 0.851. The normalized spacial score (nSPS) is 12.4. The Bertz CT molecular complexity index is 247. The van der Waals surface area contributed by atoms with Crippen LogP contribution in [0.2, 0.25) is 0 Å². The van der Waals surface area contributed by atoms with Gasteiger partial charge in [-0.3, -0.25) is 0 Å². The van der Waals surface area contributed by atoms with Gasteiger partial charge in [0.1, 0.15) is 6.61 Å². The summed E-state index contributed by atoms with van der Waals surface area (Å²) >= 11 is 0. The smallest absolute Gasteiger partial charge is 0.336 e. The van der Waals surface area contributed by atoms with Gasteiger partial charge in [-0.05, 0) is 20.3 Å². The van der Waals surface area contributed by atoms with Crippen LogP contribution < -0.4 is 0 Å². The second-order valence-corrected chi connectivity index (χ2v) is 4.00. The number of hydrogen-bond donors (Lipinski definition) is 2. The first-order valence-electron chi connectivity index (χ1n) is 5.72. The van der Waals surface area contributed by atoms with Crippen molar-refractivity contribution in [3.63, 3.8) is 0 Å². The zero-order valence-corrected chi connectivity index (χ0v) is 10.7. The first-order valence-corrected chi connectivity index (χ1v) is 5.72. The molecule has 17 heavy (non-hydrogen) atoms. The van der Waals surface area contributed by atoms with Crippen molar-refractivity contribution >= 4 is 5.97 Å². The maximum absolute atomic E-state index is 11.5. The molecular weight excluding hydrogens is 224 g/mol. The summed E-state index contributed by atoms with van der Waals surface area (Å²) in [5, 5.41) is 18.4. The van der Waals surface area contributed by atoms with Crippen LogP contribution in [-0.4, -0.2) is 42.6 Å². The van der Waals surface area contributed by atoms with Crippen LogP contribution in [0.4, 0.5) is 0 Å². The number of esters is 1. The first kappa shape index (κ1) is 15.9. The molecule has 0 fully saturated rings. The third kappa shape index (κ3) is 5.19. The maximum Gasteiger partial charge on any atom is 0.336 e. The SMILES string of the molecule is CCOC=C(C)C(=O)OCC(CC)(CO)CO. The number of aliphatic hydroxyl groups excluding tert-OH is 2. The summed E-state index contributed by atoms with van der Waals surface area (Å²) in [7, 11) is 0. The van der Waals surface area contributed by atoms with Crippen molar-refractivity contribution < 1.29 is 24.5 Å². The molecule has 0 spiro atoms. The van der Waals surface area contributed by atoms with Gasteiger partial charge in [0.2, 0.25) is 0 Å². The van der Waals surface area contributed by atoms with Crippen LogP contribution in [0.5, 0.6) is 0 Å². The minimum Gasteiger partial charge on any atom is -0.501 e. The summed E-state index contributed by atoms with van der Waals surface area (Å²) in [5.74, 6) is -0.502. The quantitative estimate of drug-likeness (QED) is 0.377. The summed E-state index contributed by atoms with van der Waals surface area (Å²) in [4.78, 5) is 11.5. The van der Waals surface area contributed by atoms with Gasteiger partial charge in [0.05, 0.1) is 37.1 Å². The lowest BCUT2D eigenvalue weighted by atomic mass is 9.88. The molecule has 5 heteroatoms. The van der Waals surface area contributed by atoms with E-state index in [0.29, 0.717) is 18.6 Å². The Morgan fingerprint density at radius 2 is 1.88 bits per heavy atom. The summed E-state index contributed by atoms with van der Waals surface area (Å²) in [6.45, 7) is 5.26. The number of carbonyl (C=O) groups is 1. The van der Waals surface area contributed by atoms with E-state index < -0.39 is 11.4 Å². The van der Waals surface area contributed by atoms with E-state index in [1.807, 2.05) is 13.8 Å².